The second kappa shape index (κ2) is 8.77. The van der Waals surface area contributed by atoms with Crippen LogP contribution < -0.4 is 14.8 Å². The Morgan fingerprint density at radius 1 is 1.10 bits per heavy atom. The molecule has 1 aromatic rings. The number of likely N-dealkylation sites (tertiary alicyclic amines) is 1. The number of rotatable bonds is 5. The number of methoxy groups -OCH3 is 2. The Morgan fingerprint density at radius 2 is 1.84 bits per heavy atom. The van der Waals surface area contributed by atoms with Crippen LogP contribution in [0.4, 0.5) is 4.79 Å². The molecule has 2 aliphatic heterocycles. The third-order valence-corrected chi connectivity index (χ3v) is 6.87. The molecule has 0 aromatic heterocycles. The number of ether oxygens (including phenoxy) is 2. The molecule has 0 bridgehead atoms. The first-order chi connectivity index (χ1) is 15.0. The van der Waals surface area contributed by atoms with E-state index >= 15 is 0 Å². The summed E-state index contributed by atoms with van der Waals surface area (Å²) in [5.74, 6) is 0.918. The molecule has 31 heavy (non-hydrogen) atoms. The van der Waals surface area contributed by atoms with E-state index in [4.69, 9.17) is 9.47 Å². The summed E-state index contributed by atoms with van der Waals surface area (Å²) < 4.78 is 10.9. The summed E-state index contributed by atoms with van der Waals surface area (Å²) >= 11 is 0. The Hall–Kier alpha value is -2.77. The van der Waals surface area contributed by atoms with Crippen molar-refractivity contribution in [2.24, 2.45) is 0 Å². The van der Waals surface area contributed by atoms with Gasteiger partial charge in [0.05, 0.1) is 20.3 Å². The maximum atomic E-state index is 13.2. The van der Waals surface area contributed by atoms with E-state index in [1.807, 2.05) is 18.2 Å². The summed E-state index contributed by atoms with van der Waals surface area (Å²) in [6, 6.07) is 4.93. The molecule has 1 saturated carbocycles. The normalized spacial score (nSPS) is 23.1. The number of nitrogens with one attached hydrogen (secondary N) is 1. The van der Waals surface area contributed by atoms with Crippen LogP contribution >= 0.6 is 0 Å². The SMILES string of the molecule is COc1ccc(OC)c([C@H]2CCCN2C(=O)CN2C(=O)NC3(CCCCCC3)C2=O)c1. The van der Waals surface area contributed by atoms with Crippen LogP contribution in [0.5, 0.6) is 11.5 Å². The van der Waals surface area contributed by atoms with Gasteiger partial charge in [0.15, 0.2) is 0 Å². The van der Waals surface area contributed by atoms with Gasteiger partial charge in [0, 0.05) is 12.1 Å². The van der Waals surface area contributed by atoms with Crippen molar-refractivity contribution in [1.29, 1.82) is 0 Å². The molecule has 3 aliphatic rings. The maximum Gasteiger partial charge on any atom is 0.325 e. The van der Waals surface area contributed by atoms with Gasteiger partial charge in [0.1, 0.15) is 23.6 Å². The molecular formula is C23H31N3O5. The summed E-state index contributed by atoms with van der Waals surface area (Å²) in [7, 11) is 3.20. The number of hydrogen-bond donors (Lipinski definition) is 1. The first kappa shape index (κ1) is 21.5. The predicted molar refractivity (Wildman–Crippen MR) is 114 cm³/mol. The zero-order valence-corrected chi connectivity index (χ0v) is 18.3. The van der Waals surface area contributed by atoms with E-state index in [2.05, 4.69) is 5.32 Å². The number of urea groups is 1. The molecule has 2 heterocycles. The lowest BCUT2D eigenvalue weighted by Crippen LogP contribution is -2.47. The van der Waals surface area contributed by atoms with Crippen molar-refractivity contribution in [2.45, 2.75) is 62.9 Å². The fraction of sp³-hybridized carbons (Fsp3) is 0.609. The van der Waals surface area contributed by atoms with E-state index < -0.39 is 11.6 Å². The molecule has 4 rings (SSSR count). The Morgan fingerprint density at radius 3 is 2.52 bits per heavy atom. The van der Waals surface area contributed by atoms with Crippen LogP contribution in [0.3, 0.4) is 0 Å². The Bertz CT molecular complexity index is 863. The van der Waals surface area contributed by atoms with Gasteiger partial charge in [-0.05, 0) is 43.9 Å². The number of carbonyl (C=O) groups is 3. The highest BCUT2D eigenvalue weighted by Crippen LogP contribution is 2.39. The summed E-state index contributed by atoms with van der Waals surface area (Å²) in [4.78, 5) is 41.9. The van der Waals surface area contributed by atoms with E-state index in [9.17, 15) is 14.4 Å². The van der Waals surface area contributed by atoms with Crippen LogP contribution in [0.1, 0.15) is 63.0 Å². The van der Waals surface area contributed by atoms with Crippen molar-refractivity contribution in [3.05, 3.63) is 23.8 Å². The molecule has 8 heteroatoms. The summed E-state index contributed by atoms with van der Waals surface area (Å²) in [5, 5.41) is 2.91. The zero-order valence-electron chi connectivity index (χ0n) is 18.3. The highest BCUT2D eigenvalue weighted by atomic mass is 16.5. The van der Waals surface area contributed by atoms with Gasteiger partial charge in [-0.1, -0.05) is 25.7 Å². The third-order valence-electron chi connectivity index (χ3n) is 6.87. The van der Waals surface area contributed by atoms with Gasteiger partial charge in [-0.25, -0.2) is 4.79 Å². The van der Waals surface area contributed by atoms with Crippen LogP contribution in [0.15, 0.2) is 18.2 Å². The van der Waals surface area contributed by atoms with Gasteiger partial charge in [-0.3, -0.25) is 14.5 Å². The number of hydrogen-bond acceptors (Lipinski definition) is 5. The molecule has 168 valence electrons. The van der Waals surface area contributed by atoms with Crippen molar-refractivity contribution in [3.63, 3.8) is 0 Å². The summed E-state index contributed by atoms with van der Waals surface area (Å²) in [6.07, 6.45) is 6.91. The summed E-state index contributed by atoms with van der Waals surface area (Å²) in [5.41, 5.74) is 0.0546. The number of nitrogens with zero attached hydrogens (tertiary/aromatic N) is 2. The van der Waals surface area contributed by atoms with Crippen LogP contribution in [-0.4, -0.2) is 60.5 Å². The van der Waals surface area contributed by atoms with Crippen molar-refractivity contribution in [1.82, 2.24) is 15.1 Å². The van der Waals surface area contributed by atoms with Gasteiger partial charge in [0.2, 0.25) is 5.91 Å². The van der Waals surface area contributed by atoms with Crippen molar-refractivity contribution < 1.29 is 23.9 Å². The molecule has 1 atom stereocenters. The molecular weight excluding hydrogens is 398 g/mol. The lowest BCUT2D eigenvalue weighted by Gasteiger charge is -2.28. The molecule has 0 radical (unpaired) electrons. The average Bonchev–Trinajstić information content (AvgIpc) is 3.26. The standard InChI is InChI=1S/C23H31N3O5/c1-30-16-9-10-19(31-2)17(14-16)18-8-7-13-25(18)20(27)15-26-21(28)23(24-22(26)29)11-5-3-4-6-12-23/h9-10,14,18H,3-8,11-13,15H2,1-2H3,(H,24,29)/t18-/m1/s1. The highest BCUT2D eigenvalue weighted by Gasteiger charge is 2.51. The van der Waals surface area contributed by atoms with Crippen molar-refractivity contribution >= 4 is 17.8 Å². The minimum absolute atomic E-state index is 0.176. The minimum Gasteiger partial charge on any atom is -0.497 e. The first-order valence-corrected chi connectivity index (χ1v) is 11.1. The second-order valence-corrected chi connectivity index (χ2v) is 8.67. The van der Waals surface area contributed by atoms with E-state index in [1.165, 1.54) is 0 Å². The molecule has 3 fully saturated rings. The van der Waals surface area contributed by atoms with Crippen LogP contribution in [0.2, 0.25) is 0 Å². The molecule has 1 aliphatic carbocycles. The number of carbonyl (C=O) groups excluding carboxylic acids is 3. The highest BCUT2D eigenvalue weighted by molar-refractivity contribution is 6.09. The number of imide groups is 1. The molecule has 2 saturated heterocycles. The average molecular weight is 430 g/mol. The fourth-order valence-corrected chi connectivity index (χ4v) is 5.21. The smallest absolute Gasteiger partial charge is 0.325 e. The molecule has 1 aromatic carbocycles. The number of amides is 4. The number of benzene rings is 1. The quantitative estimate of drug-likeness (QED) is 0.727. The van der Waals surface area contributed by atoms with Gasteiger partial charge >= 0.3 is 6.03 Å². The van der Waals surface area contributed by atoms with E-state index in [0.717, 1.165) is 49.0 Å². The topological polar surface area (TPSA) is 88.2 Å². The van der Waals surface area contributed by atoms with E-state index in [0.29, 0.717) is 30.9 Å². The van der Waals surface area contributed by atoms with Gasteiger partial charge in [-0.15, -0.1) is 0 Å². The molecule has 1 N–H and O–H groups in total. The molecule has 1 spiro atoms. The van der Waals surface area contributed by atoms with Crippen LogP contribution in [-0.2, 0) is 9.59 Å². The molecule has 0 unspecified atom stereocenters. The van der Waals surface area contributed by atoms with E-state index in [1.54, 1.807) is 19.1 Å². The zero-order chi connectivity index (χ0) is 22.0. The lowest BCUT2D eigenvalue weighted by atomic mass is 9.90. The van der Waals surface area contributed by atoms with Crippen molar-refractivity contribution in [3.8, 4) is 11.5 Å². The Balaban J connectivity index is 1.52. The second-order valence-electron chi connectivity index (χ2n) is 8.67. The molecule has 4 amide bonds. The maximum absolute atomic E-state index is 13.2. The summed E-state index contributed by atoms with van der Waals surface area (Å²) in [6.45, 7) is 0.355. The minimum atomic E-state index is -0.825. The predicted octanol–water partition coefficient (Wildman–Crippen LogP) is 3.01. The van der Waals surface area contributed by atoms with Gasteiger partial charge < -0.3 is 19.7 Å². The van der Waals surface area contributed by atoms with Crippen LogP contribution in [0.25, 0.3) is 0 Å². The lowest BCUT2D eigenvalue weighted by molar-refractivity contribution is -0.139. The van der Waals surface area contributed by atoms with Crippen molar-refractivity contribution in [2.75, 3.05) is 27.3 Å². The molecule has 8 nitrogen and oxygen atoms in total. The Labute approximate surface area is 182 Å². The largest absolute Gasteiger partial charge is 0.497 e. The van der Waals surface area contributed by atoms with Crippen LogP contribution in [0, 0.1) is 0 Å². The Kier molecular flexibility index (Phi) is 6.07. The monoisotopic (exact) mass is 429 g/mol. The fourth-order valence-electron chi connectivity index (χ4n) is 5.21. The third kappa shape index (κ3) is 3.95. The first-order valence-electron chi connectivity index (χ1n) is 11.1. The van der Waals surface area contributed by atoms with E-state index in [-0.39, 0.29) is 24.4 Å². The van der Waals surface area contributed by atoms with Gasteiger partial charge in [-0.2, -0.15) is 0 Å². The van der Waals surface area contributed by atoms with Gasteiger partial charge in [0.25, 0.3) is 5.91 Å².